The van der Waals surface area contributed by atoms with Crippen molar-refractivity contribution in [2.45, 2.75) is 13.8 Å². The van der Waals surface area contributed by atoms with Gasteiger partial charge in [0, 0.05) is 16.5 Å². The molecule has 6 aromatic rings. The minimum Gasteiger partial charge on any atom is -0.309 e. The molecule has 0 saturated heterocycles. The van der Waals surface area contributed by atoms with E-state index in [2.05, 4.69) is 4.57 Å². The Labute approximate surface area is 246 Å². The van der Waals surface area contributed by atoms with Crippen molar-refractivity contribution < 1.29 is 8.78 Å². The fourth-order valence-electron chi connectivity index (χ4n) is 5.14. The van der Waals surface area contributed by atoms with Gasteiger partial charge in [-0.2, -0.15) is 21.0 Å². The van der Waals surface area contributed by atoms with E-state index in [1.165, 1.54) is 24.3 Å². The second kappa shape index (κ2) is 11.7. The van der Waals surface area contributed by atoms with Crippen LogP contribution < -0.4 is 0 Å². The summed E-state index contributed by atoms with van der Waals surface area (Å²) >= 11 is 0. The smallest absolute Gasteiger partial charge is 0.158 e. The topological polar surface area (TPSA) is 100 Å². The molecule has 5 nitrogen and oxygen atoms in total. The molecule has 0 saturated carbocycles. The first-order valence-electron chi connectivity index (χ1n) is 13.4. The van der Waals surface area contributed by atoms with E-state index in [1.807, 2.05) is 105 Å². The largest absolute Gasteiger partial charge is 0.309 e. The van der Waals surface area contributed by atoms with Gasteiger partial charge in [-0.15, -0.1) is 0 Å². The second-order valence-electron chi connectivity index (χ2n) is 9.35. The van der Waals surface area contributed by atoms with Gasteiger partial charge in [-0.05, 0) is 70.8 Å². The number of hydrogen-bond donors (Lipinski definition) is 0. The highest BCUT2D eigenvalue weighted by atomic mass is 19.1. The second-order valence-corrected chi connectivity index (χ2v) is 9.35. The van der Waals surface area contributed by atoms with E-state index in [1.54, 1.807) is 0 Å². The summed E-state index contributed by atoms with van der Waals surface area (Å²) in [6.07, 6.45) is 0. The third-order valence-corrected chi connectivity index (χ3v) is 7.08. The summed E-state index contributed by atoms with van der Waals surface area (Å²) in [6.45, 7) is 4.00. The molecule has 0 bridgehead atoms. The lowest BCUT2D eigenvalue weighted by atomic mass is 9.97. The fraction of sp³-hybridized carbons (Fsp3) is 0.0556. The lowest BCUT2D eigenvalue weighted by molar-refractivity contribution is 0.620. The van der Waals surface area contributed by atoms with E-state index in [9.17, 15) is 29.8 Å². The molecule has 0 fully saturated rings. The van der Waals surface area contributed by atoms with Gasteiger partial charge in [0.05, 0.1) is 33.3 Å². The average molecular weight is 562 g/mol. The molecule has 0 amide bonds. The van der Waals surface area contributed by atoms with Gasteiger partial charge in [-0.1, -0.05) is 56.3 Å². The summed E-state index contributed by atoms with van der Waals surface area (Å²) in [4.78, 5) is 0. The van der Waals surface area contributed by atoms with Crippen LogP contribution in [0.5, 0.6) is 0 Å². The zero-order valence-corrected chi connectivity index (χ0v) is 23.2. The van der Waals surface area contributed by atoms with Gasteiger partial charge >= 0.3 is 0 Å². The van der Waals surface area contributed by atoms with Crippen molar-refractivity contribution in [1.82, 2.24) is 4.57 Å². The standard InChI is InChI=1S/C34H15F2N5.C2H6/c35-33-24(16-37)10-22(11-25(33)17-38)20-6-8-29-30-9-7-21(23-12-26(18-39)34(36)27(13-23)19-40)15-32(30)41(31(29)14-20)28-4-2-1-3-5-28;1-2/h1-15H;1-2H3. The highest BCUT2D eigenvalue weighted by molar-refractivity contribution is 6.11. The minimum atomic E-state index is -0.842. The number of nitriles is 4. The number of para-hydroxylation sites is 1. The van der Waals surface area contributed by atoms with Crippen LogP contribution in [-0.2, 0) is 0 Å². The number of nitrogens with zero attached hydrogens (tertiary/aromatic N) is 5. The molecule has 0 spiro atoms. The SMILES string of the molecule is CC.N#Cc1cc(-c2ccc3c4ccc(-c5cc(C#N)c(F)c(C#N)c5)cc4n(-c4ccccc4)c3c2)cc(C#N)c1F. The Hall–Kier alpha value is -6.28. The van der Waals surface area contributed by atoms with Crippen LogP contribution in [0.4, 0.5) is 8.78 Å². The van der Waals surface area contributed by atoms with Gasteiger partial charge in [-0.25, -0.2) is 8.78 Å². The summed E-state index contributed by atoms with van der Waals surface area (Å²) in [6, 6.07) is 34.1. The maximum atomic E-state index is 14.4. The van der Waals surface area contributed by atoms with Crippen LogP contribution in [0, 0.1) is 57.0 Å². The molecule has 1 heterocycles. The third kappa shape index (κ3) is 4.83. The number of fused-ring (bicyclic) bond motifs is 3. The van der Waals surface area contributed by atoms with Gasteiger partial charge in [0.2, 0.25) is 0 Å². The lowest BCUT2D eigenvalue weighted by Crippen LogP contribution is -1.95. The van der Waals surface area contributed by atoms with Crippen molar-refractivity contribution in [1.29, 1.82) is 21.0 Å². The molecule has 0 radical (unpaired) electrons. The van der Waals surface area contributed by atoms with Crippen LogP contribution in [0.2, 0.25) is 0 Å². The van der Waals surface area contributed by atoms with E-state index < -0.39 is 11.6 Å². The van der Waals surface area contributed by atoms with Gasteiger partial charge in [0.25, 0.3) is 0 Å². The Balaban J connectivity index is 0.00000180. The first-order valence-corrected chi connectivity index (χ1v) is 13.4. The molecule has 0 aliphatic carbocycles. The van der Waals surface area contributed by atoms with E-state index in [0.29, 0.717) is 22.3 Å². The van der Waals surface area contributed by atoms with Crippen LogP contribution in [-0.4, -0.2) is 4.57 Å². The Morgan fingerprint density at radius 3 is 1.21 bits per heavy atom. The van der Waals surface area contributed by atoms with Crippen LogP contribution in [0.3, 0.4) is 0 Å². The summed E-state index contributed by atoms with van der Waals surface area (Å²) in [7, 11) is 0. The van der Waals surface area contributed by atoms with E-state index >= 15 is 0 Å². The lowest BCUT2D eigenvalue weighted by Gasteiger charge is -2.10. The Morgan fingerprint density at radius 1 is 0.488 bits per heavy atom. The number of benzene rings is 5. The normalized spacial score (nSPS) is 10.2. The average Bonchev–Trinajstić information content (AvgIpc) is 3.39. The Kier molecular flexibility index (Phi) is 7.67. The van der Waals surface area contributed by atoms with Crippen LogP contribution >= 0.6 is 0 Å². The van der Waals surface area contributed by atoms with Crippen molar-refractivity contribution in [3.63, 3.8) is 0 Å². The minimum absolute atomic E-state index is 0.208. The molecule has 0 N–H and O–H groups in total. The highest BCUT2D eigenvalue weighted by Crippen LogP contribution is 2.38. The summed E-state index contributed by atoms with van der Waals surface area (Å²) < 4.78 is 30.9. The van der Waals surface area contributed by atoms with Gasteiger partial charge < -0.3 is 4.57 Å². The van der Waals surface area contributed by atoms with Crippen molar-refractivity contribution in [2.75, 3.05) is 0 Å². The van der Waals surface area contributed by atoms with Gasteiger partial charge in [0.1, 0.15) is 24.3 Å². The van der Waals surface area contributed by atoms with Crippen LogP contribution in [0.1, 0.15) is 36.1 Å². The molecule has 204 valence electrons. The molecule has 43 heavy (non-hydrogen) atoms. The van der Waals surface area contributed by atoms with Gasteiger partial charge in [0.15, 0.2) is 11.6 Å². The number of halogens is 2. The maximum Gasteiger partial charge on any atom is 0.158 e. The predicted octanol–water partition coefficient (Wildman–Crippen LogP) is 8.91. The highest BCUT2D eigenvalue weighted by Gasteiger charge is 2.18. The summed E-state index contributed by atoms with van der Waals surface area (Å²) in [5, 5.41) is 39.5. The molecule has 0 atom stereocenters. The van der Waals surface area contributed by atoms with Crippen molar-refractivity contribution in [3.8, 4) is 52.2 Å². The molecule has 6 rings (SSSR count). The van der Waals surface area contributed by atoms with E-state index in [4.69, 9.17) is 0 Å². The van der Waals surface area contributed by atoms with Gasteiger partial charge in [-0.3, -0.25) is 0 Å². The van der Waals surface area contributed by atoms with E-state index in [0.717, 1.165) is 27.5 Å². The molecular formula is C36H21F2N5. The van der Waals surface area contributed by atoms with Crippen LogP contribution in [0.25, 0.3) is 49.7 Å². The summed E-state index contributed by atoms with van der Waals surface area (Å²) in [5.41, 5.74) is 4.15. The molecule has 7 heteroatoms. The first-order chi connectivity index (χ1) is 21.0. The maximum absolute atomic E-state index is 14.4. The summed E-state index contributed by atoms with van der Waals surface area (Å²) in [5.74, 6) is -1.68. The number of hydrogen-bond acceptors (Lipinski definition) is 4. The molecule has 0 unspecified atom stereocenters. The van der Waals surface area contributed by atoms with Crippen molar-refractivity contribution >= 4 is 21.8 Å². The predicted molar refractivity (Wildman–Crippen MR) is 162 cm³/mol. The molecule has 1 aromatic heterocycles. The number of rotatable bonds is 3. The van der Waals surface area contributed by atoms with Crippen molar-refractivity contribution in [2.24, 2.45) is 0 Å². The Bertz CT molecular complexity index is 2010. The fourth-order valence-corrected chi connectivity index (χ4v) is 5.14. The monoisotopic (exact) mass is 561 g/mol. The number of aromatic nitrogens is 1. The molecular weight excluding hydrogens is 540 g/mol. The molecule has 0 aliphatic rings. The van der Waals surface area contributed by atoms with E-state index in [-0.39, 0.29) is 22.3 Å². The zero-order chi connectivity index (χ0) is 30.7. The quantitative estimate of drug-likeness (QED) is 0.215. The Morgan fingerprint density at radius 2 is 0.860 bits per heavy atom. The first kappa shape index (κ1) is 28.3. The molecule has 0 aliphatic heterocycles. The molecule has 5 aromatic carbocycles. The van der Waals surface area contributed by atoms with Crippen molar-refractivity contribution in [3.05, 3.63) is 125 Å². The third-order valence-electron chi connectivity index (χ3n) is 7.08. The zero-order valence-electron chi connectivity index (χ0n) is 23.2. The van der Waals surface area contributed by atoms with Crippen LogP contribution in [0.15, 0.2) is 91.0 Å².